The van der Waals surface area contributed by atoms with E-state index in [9.17, 15) is 9.59 Å². The summed E-state index contributed by atoms with van der Waals surface area (Å²) in [6.45, 7) is 2.26. The summed E-state index contributed by atoms with van der Waals surface area (Å²) < 4.78 is 5.34. The third kappa shape index (κ3) is 6.02. The highest BCUT2D eigenvalue weighted by molar-refractivity contribution is 5.91. The maximum absolute atomic E-state index is 12.2. The van der Waals surface area contributed by atoms with E-state index >= 15 is 0 Å². The molecular weight excluding hydrogens is 342 g/mol. The number of nitrogens with zero attached hydrogens (tertiary/aromatic N) is 2. The second-order valence-corrected chi connectivity index (χ2v) is 6.49. The molecule has 6 nitrogen and oxygen atoms in total. The number of ether oxygens (including phenoxy) is 1. The number of carbonyl (C=O) groups excluding carboxylic acids is 2. The van der Waals surface area contributed by atoms with Crippen LogP contribution in [0.3, 0.4) is 0 Å². The van der Waals surface area contributed by atoms with Crippen molar-refractivity contribution >= 4 is 23.2 Å². The molecule has 144 valence electrons. The smallest absolute Gasteiger partial charge is 0.226 e. The summed E-state index contributed by atoms with van der Waals surface area (Å²) in [6, 6.07) is 15.2. The van der Waals surface area contributed by atoms with Gasteiger partial charge in [0.1, 0.15) is 5.75 Å². The summed E-state index contributed by atoms with van der Waals surface area (Å²) in [5.41, 5.74) is 2.71. The van der Waals surface area contributed by atoms with Gasteiger partial charge in [0.15, 0.2) is 0 Å². The van der Waals surface area contributed by atoms with Crippen molar-refractivity contribution in [2.24, 2.45) is 0 Å². The average molecular weight is 369 g/mol. The fraction of sp³-hybridized carbons (Fsp3) is 0.333. The van der Waals surface area contributed by atoms with Crippen molar-refractivity contribution in [3.8, 4) is 5.75 Å². The van der Waals surface area contributed by atoms with E-state index < -0.39 is 0 Å². The molecule has 0 aliphatic carbocycles. The second kappa shape index (κ2) is 9.62. The van der Waals surface area contributed by atoms with Crippen molar-refractivity contribution in [3.63, 3.8) is 0 Å². The summed E-state index contributed by atoms with van der Waals surface area (Å²) in [5, 5.41) is 2.87. The molecule has 0 aromatic heterocycles. The predicted molar refractivity (Wildman–Crippen MR) is 108 cm³/mol. The quantitative estimate of drug-likeness (QED) is 0.777. The standard InChI is InChI=1S/C21H27N3O3/c1-16(25)24(15-17-7-5-6-8-20(17)27-4)14-13-21(26)22-18-9-11-19(12-10-18)23(2)3/h5-12H,13-15H2,1-4H3,(H,22,26). The molecule has 0 spiro atoms. The Kier molecular flexibility index (Phi) is 7.23. The van der Waals surface area contributed by atoms with Crippen molar-refractivity contribution in [3.05, 3.63) is 54.1 Å². The normalized spacial score (nSPS) is 10.2. The molecule has 0 heterocycles. The molecule has 2 rings (SSSR count). The summed E-state index contributed by atoms with van der Waals surface area (Å²) in [7, 11) is 5.53. The van der Waals surface area contributed by atoms with Gasteiger partial charge in [0.2, 0.25) is 11.8 Å². The van der Waals surface area contributed by atoms with Crippen LogP contribution in [0.5, 0.6) is 5.75 Å². The Balaban J connectivity index is 1.93. The Morgan fingerprint density at radius 3 is 2.30 bits per heavy atom. The maximum Gasteiger partial charge on any atom is 0.226 e. The number of carbonyl (C=O) groups is 2. The minimum atomic E-state index is -0.126. The van der Waals surface area contributed by atoms with Crippen LogP contribution in [-0.4, -0.2) is 44.5 Å². The molecule has 1 N–H and O–H groups in total. The Labute approximate surface area is 160 Å². The third-order valence-corrected chi connectivity index (χ3v) is 4.28. The van der Waals surface area contributed by atoms with Gasteiger partial charge in [0.25, 0.3) is 0 Å². The van der Waals surface area contributed by atoms with Gasteiger partial charge in [-0.2, -0.15) is 0 Å². The van der Waals surface area contributed by atoms with Gasteiger partial charge in [-0.3, -0.25) is 9.59 Å². The number of hydrogen-bond acceptors (Lipinski definition) is 4. The van der Waals surface area contributed by atoms with Gasteiger partial charge in [-0.05, 0) is 30.3 Å². The van der Waals surface area contributed by atoms with Crippen molar-refractivity contribution in [2.45, 2.75) is 19.9 Å². The SMILES string of the molecule is COc1ccccc1CN(CCC(=O)Nc1ccc(N(C)C)cc1)C(C)=O. The van der Waals surface area contributed by atoms with E-state index in [0.29, 0.717) is 13.1 Å². The highest BCUT2D eigenvalue weighted by Gasteiger charge is 2.14. The molecule has 0 fully saturated rings. The molecule has 0 aliphatic heterocycles. The van der Waals surface area contributed by atoms with E-state index in [-0.39, 0.29) is 18.2 Å². The number of amides is 2. The monoisotopic (exact) mass is 369 g/mol. The molecule has 27 heavy (non-hydrogen) atoms. The number of methoxy groups -OCH3 is 1. The first-order valence-electron chi connectivity index (χ1n) is 8.85. The van der Waals surface area contributed by atoms with Crippen molar-refractivity contribution in [2.75, 3.05) is 38.0 Å². The molecular formula is C21H27N3O3. The van der Waals surface area contributed by atoms with Gasteiger partial charge >= 0.3 is 0 Å². The van der Waals surface area contributed by atoms with Gasteiger partial charge in [-0.1, -0.05) is 18.2 Å². The first-order valence-corrected chi connectivity index (χ1v) is 8.85. The van der Waals surface area contributed by atoms with E-state index in [1.54, 1.807) is 12.0 Å². The zero-order valence-electron chi connectivity index (χ0n) is 16.4. The van der Waals surface area contributed by atoms with Crippen LogP contribution in [0.15, 0.2) is 48.5 Å². The van der Waals surface area contributed by atoms with Gasteiger partial charge in [-0.25, -0.2) is 0 Å². The van der Waals surface area contributed by atoms with E-state index in [2.05, 4.69) is 5.32 Å². The molecule has 0 aliphatic rings. The molecule has 0 unspecified atom stereocenters. The lowest BCUT2D eigenvalue weighted by atomic mass is 10.2. The number of anilines is 2. The predicted octanol–water partition coefficient (Wildman–Crippen LogP) is 3.14. The lowest BCUT2D eigenvalue weighted by molar-refractivity contribution is -0.129. The van der Waals surface area contributed by atoms with Gasteiger partial charge in [-0.15, -0.1) is 0 Å². The zero-order valence-corrected chi connectivity index (χ0v) is 16.4. The van der Waals surface area contributed by atoms with E-state index in [1.807, 2.05) is 67.5 Å². The fourth-order valence-corrected chi connectivity index (χ4v) is 2.69. The van der Waals surface area contributed by atoms with Crippen molar-refractivity contribution in [1.82, 2.24) is 4.90 Å². The fourth-order valence-electron chi connectivity index (χ4n) is 2.69. The minimum Gasteiger partial charge on any atom is -0.496 e. The Bertz CT molecular complexity index is 772. The molecule has 2 aromatic carbocycles. The van der Waals surface area contributed by atoms with Crippen LogP contribution >= 0.6 is 0 Å². The van der Waals surface area contributed by atoms with E-state index in [4.69, 9.17) is 4.74 Å². The number of rotatable bonds is 8. The summed E-state index contributed by atoms with van der Waals surface area (Å²) >= 11 is 0. The maximum atomic E-state index is 12.2. The summed E-state index contributed by atoms with van der Waals surface area (Å²) in [6.07, 6.45) is 0.226. The van der Waals surface area contributed by atoms with Gasteiger partial charge < -0.3 is 19.9 Å². The van der Waals surface area contributed by atoms with E-state index in [1.165, 1.54) is 6.92 Å². The first kappa shape index (κ1) is 20.3. The molecule has 2 aromatic rings. The van der Waals surface area contributed by atoms with Crippen LogP contribution < -0.4 is 15.0 Å². The van der Waals surface area contributed by atoms with Crippen LogP contribution in [-0.2, 0) is 16.1 Å². The molecule has 6 heteroatoms. The van der Waals surface area contributed by atoms with Crippen LogP contribution in [0.1, 0.15) is 18.9 Å². The largest absolute Gasteiger partial charge is 0.496 e. The van der Waals surface area contributed by atoms with Crippen LogP contribution in [0.25, 0.3) is 0 Å². The molecule has 2 amide bonds. The number of para-hydroxylation sites is 1. The number of benzene rings is 2. The molecule has 0 radical (unpaired) electrons. The summed E-state index contributed by atoms with van der Waals surface area (Å²) in [5.74, 6) is 0.525. The zero-order chi connectivity index (χ0) is 19.8. The van der Waals surface area contributed by atoms with Crippen LogP contribution in [0.4, 0.5) is 11.4 Å². The topological polar surface area (TPSA) is 61.9 Å². The number of nitrogens with one attached hydrogen (secondary N) is 1. The molecule has 0 bridgehead atoms. The van der Waals surface area contributed by atoms with Gasteiger partial charge in [0.05, 0.1) is 7.11 Å². The summed E-state index contributed by atoms with van der Waals surface area (Å²) in [4.78, 5) is 27.9. The molecule has 0 saturated heterocycles. The molecule has 0 atom stereocenters. The lowest BCUT2D eigenvalue weighted by Crippen LogP contribution is -2.31. The van der Waals surface area contributed by atoms with Crippen LogP contribution in [0.2, 0.25) is 0 Å². The number of hydrogen-bond donors (Lipinski definition) is 1. The highest BCUT2D eigenvalue weighted by Crippen LogP contribution is 2.20. The molecule has 0 saturated carbocycles. The van der Waals surface area contributed by atoms with Crippen molar-refractivity contribution in [1.29, 1.82) is 0 Å². The Hall–Kier alpha value is -3.02. The van der Waals surface area contributed by atoms with E-state index in [0.717, 1.165) is 22.7 Å². The Morgan fingerprint density at radius 1 is 1.04 bits per heavy atom. The first-order chi connectivity index (χ1) is 12.9. The van der Waals surface area contributed by atoms with Crippen LogP contribution in [0, 0.1) is 0 Å². The highest BCUT2D eigenvalue weighted by atomic mass is 16.5. The average Bonchev–Trinajstić information content (AvgIpc) is 2.65. The third-order valence-electron chi connectivity index (χ3n) is 4.28. The van der Waals surface area contributed by atoms with Crippen molar-refractivity contribution < 1.29 is 14.3 Å². The minimum absolute atomic E-state index is 0.0796. The van der Waals surface area contributed by atoms with Gasteiger partial charge in [0, 0.05) is 57.5 Å². The Morgan fingerprint density at radius 2 is 1.70 bits per heavy atom. The lowest BCUT2D eigenvalue weighted by Gasteiger charge is -2.22. The second-order valence-electron chi connectivity index (χ2n) is 6.49.